The largest absolute Gasteiger partial charge is 0.871 e. The third kappa shape index (κ3) is 3.72. The number of rotatable bonds is 2. The number of ketones is 2. The molecular weight excluding hydrogens is 428 g/mol. The van der Waals surface area contributed by atoms with Gasteiger partial charge >= 0.3 is 0 Å². The molecular formula is C24H26N2O3S2. The van der Waals surface area contributed by atoms with Crippen molar-refractivity contribution >= 4 is 50.3 Å². The third-order valence-corrected chi connectivity index (χ3v) is 8.88. The van der Waals surface area contributed by atoms with Crippen LogP contribution in [-0.4, -0.2) is 47.4 Å². The van der Waals surface area contributed by atoms with Gasteiger partial charge in [0.25, 0.3) is 0 Å². The maximum Gasteiger partial charge on any atom is 0.242 e. The summed E-state index contributed by atoms with van der Waals surface area (Å²) in [5, 5.41) is 15.5. The van der Waals surface area contributed by atoms with Gasteiger partial charge in [-0.3, -0.25) is 9.59 Å². The third-order valence-electron chi connectivity index (χ3n) is 6.40. The quantitative estimate of drug-likeness (QED) is 0.389. The second-order valence-corrected chi connectivity index (χ2v) is 10.7. The lowest BCUT2D eigenvalue weighted by atomic mass is 10.1. The maximum atomic E-state index is 13.3. The van der Waals surface area contributed by atoms with E-state index >= 15 is 0 Å². The van der Waals surface area contributed by atoms with Crippen molar-refractivity contribution in [1.82, 2.24) is 0 Å². The number of hydrogen-bond donors (Lipinski definition) is 0. The van der Waals surface area contributed by atoms with Crippen LogP contribution in [0.3, 0.4) is 0 Å². The molecule has 5 nitrogen and oxygen atoms in total. The summed E-state index contributed by atoms with van der Waals surface area (Å²) in [6, 6.07) is 3.81. The van der Waals surface area contributed by atoms with Crippen LogP contribution in [0.25, 0.3) is 5.57 Å². The number of Topliss-reactive ketones (excluding diaryl/α,β-unsaturated/α-hetero) is 2. The summed E-state index contributed by atoms with van der Waals surface area (Å²) in [6.45, 7) is 6.03. The summed E-state index contributed by atoms with van der Waals surface area (Å²) < 4.78 is 2.34. The zero-order valence-electron chi connectivity index (χ0n) is 17.7. The fourth-order valence-corrected chi connectivity index (χ4v) is 7.12. The highest BCUT2D eigenvalue weighted by Gasteiger charge is 2.38. The van der Waals surface area contributed by atoms with Crippen molar-refractivity contribution in [3.63, 3.8) is 0 Å². The summed E-state index contributed by atoms with van der Waals surface area (Å²) in [6.07, 6.45) is 9.04. The van der Waals surface area contributed by atoms with Gasteiger partial charge in [0.05, 0.1) is 5.00 Å². The van der Waals surface area contributed by atoms with Crippen molar-refractivity contribution in [2.75, 3.05) is 31.1 Å². The molecule has 1 aromatic heterocycles. The highest BCUT2D eigenvalue weighted by atomic mass is 32.2. The number of allylic oxidation sites excluding steroid dienone is 3. The van der Waals surface area contributed by atoms with Gasteiger partial charge in [-0.05, 0) is 62.6 Å². The molecule has 1 aliphatic carbocycles. The molecule has 0 amide bonds. The lowest BCUT2D eigenvalue weighted by Crippen LogP contribution is -2.28. The van der Waals surface area contributed by atoms with Crippen LogP contribution in [0.4, 0.5) is 5.00 Å². The smallest absolute Gasteiger partial charge is 0.242 e. The Morgan fingerprint density at radius 2 is 1.61 bits per heavy atom. The molecule has 0 radical (unpaired) electrons. The highest BCUT2D eigenvalue weighted by molar-refractivity contribution is 8.18. The van der Waals surface area contributed by atoms with Gasteiger partial charge < -0.3 is 10.0 Å². The van der Waals surface area contributed by atoms with E-state index in [1.807, 2.05) is 25.1 Å². The number of thiophene rings is 1. The second kappa shape index (κ2) is 8.43. The van der Waals surface area contributed by atoms with Gasteiger partial charge in [-0.25, -0.2) is 4.58 Å². The van der Waals surface area contributed by atoms with Crippen LogP contribution < -0.4 is 10.0 Å². The summed E-state index contributed by atoms with van der Waals surface area (Å²) in [5.41, 5.74) is 1.18. The van der Waals surface area contributed by atoms with Crippen LogP contribution in [0.5, 0.6) is 0 Å². The van der Waals surface area contributed by atoms with E-state index in [1.165, 1.54) is 35.9 Å². The maximum absolute atomic E-state index is 13.3. The van der Waals surface area contributed by atoms with Gasteiger partial charge in [-0.2, -0.15) is 0 Å². The van der Waals surface area contributed by atoms with E-state index in [4.69, 9.17) is 0 Å². The standard InChI is InChI=1S/C24H26N2O3S2/c1-15-14-17(31-24(15)26-12-6-3-7-13-26)20-21(27)19(22(28)23(20)29)16-8-9-18(30-16)25-10-4-2-5-11-25/h8-9,14H,2-7,10-13H2,1H3. The Morgan fingerprint density at radius 3 is 2.35 bits per heavy atom. The second-order valence-electron chi connectivity index (χ2n) is 8.57. The fourth-order valence-electron chi connectivity index (χ4n) is 4.76. The van der Waals surface area contributed by atoms with Crippen molar-refractivity contribution in [2.24, 2.45) is 0 Å². The molecule has 162 valence electrons. The molecule has 0 unspecified atom stereocenters. The molecule has 31 heavy (non-hydrogen) atoms. The van der Waals surface area contributed by atoms with Crippen LogP contribution >= 0.6 is 23.1 Å². The van der Waals surface area contributed by atoms with Gasteiger partial charge in [0, 0.05) is 52.4 Å². The Bertz CT molecular complexity index is 1080. The molecule has 0 aromatic carbocycles. The summed E-state index contributed by atoms with van der Waals surface area (Å²) in [4.78, 5) is 29.3. The SMILES string of the molecule is CC1=C/C(=C2/C(=O)C(=O)C(c3ccc(N4CCCCC4)s3)=C2[O-])SC1=[N+]1CCCCC1. The van der Waals surface area contributed by atoms with Crippen LogP contribution in [0, 0.1) is 0 Å². The van der Waals surface area contributed by atoms with E-state index in [0.717, 1.165) is 67.5 Å². The predicted molar refractivity (Wildman–Crippen MR) is 125 cm³/mol. The Labute approximate surface area is 190 Å². The first-order valence-corrected chi connectivity index (χ1v) is 12.8. The molecule has 2 saturated heterocycles. The van der Waals surface area contributed by atoms with E-state index in [2.05, 4.69) is 9.48 Å². The molecule has 0 N–H and O–H groups in total. The Hall–Kier alpha value is -2.12. The van der Waals surface area contributed by atoms with Crippen molar-refractivity contribution in [3.05, 3.63) is 44.9 Å². The van der Waals surface area contributed by atoms with Gasteiger partial charge in [0.1, 0.15) is 13.1 Å². The molecule has 5 rings (SSSR count). The zero-order valence-corrected chi connectivity index (χ0v) is 19.4. The van der Waals surface area contributed by atoms with E-state index < -0.39 is 17.3 Å². The van der Waals surface area contributed by atoms with E-state index in [0.29, 0.717) is 9.78 Å². The van der Waals surface area contributed by atoms with Gasteiger partial charge in [-0.15, -0.1) is 11.3 Å². The Kier molecular flexibility index (Phi) is 5.65. The van der Waals surface area contributed by atoms with Crippen molar-refractivity contribution < 1.29 is 19.3 Å². The van der Waals surface area contributed by atoms with Crippen molar-refractivity contribution in [3.8, 4) is 0 Å². The minimum Gasteiger partial charge on any atom is -0.871 e. The fraction of sp³-hybridized carbons (Fsp3) is 0.458. The minimum absolute atomic E-state index is 0.0545. The molecule has 2 fully saturated rings. The average molecular weight is 455 g/mol. The van der Waals surface area contributed by atoms with Gasteiger partial charge in [0.15, 0.2) is 0 Å². The summed E-state index contributed by atoms with van der Waals surface area (Å²) in [5.74, 6) is -1.72. The number of piperidine rings is 2. The van der Waals surface area contributed by atoms with Gasteiger partial charge in [-0.1, -0.05) is 5.76 Å². The summed E-state index contributed by atoms with van der Waals surface area (Å²) in [7, 11) is 0. The first kappa shape index (κ1) is 20.8. The van der Waals surface area contributed by atoms with E-state index in [1.54, 1.807) is 0 Å². The molecule has 4 heterocycles. The number of nitrogens with zero attached hydrogens (tertiary/aromatic N) is 2. The molecule has 1 aromatic rings. The van der Waals surface area contributed by atoms with Crippen LogP contribution in [0.1, 0.15) is 50.3 Å². The van der Waals surface area contributed by atoms with Crippen molar-refractivity contribution in [1.29, 1.82) is 0 Å². The van der Waals surface area contributed by atoms with Crippen LogP contribution in [-0.2, 0) is 9.59 Å². The molecule has 4 aliphatic rings. The number of hydrogen-bond acceptors (Lipinski definition) is 6. The van der Waals surface area contributed by atoms with E-state index in [-0.39, 0.29) is 11.1 Å². The van der Waals surface area contributed by atoms with E-state index in [9.17, 15) is 14.7 Å². The van der Waals surface area contributed by atoms with Crippen LogP contribution in [0.2, 0.25) is 0 Å². The number of anilines is 1. The zero-order chi connectivity index (χ0) is 21.5. The molecule has 0 saturated carbocycles. The number of thioether (sulfide) groups is 1. The number of carbonyl (C=O) groups is 2. The Morgan fingerprint density at radius 1 is 0.935 bits per heavy atom. The average Bonchev–Trinajstić information content (AvgIpc) is 3.47. The lowest BCUT2D eigenvalue weighted by molar-refractivity contribution is -0.534. The van der Waals surface area contributed by atoms with Crippen molar-refractivity contribution in [2.45, 2.75) is 45.4 Å². The lowest BCUT2D eigenvalue weighted by Gasteiger charge is -2.27. The molecule has 0 spiro atoms. The van der Waals surface area contributed by atoms with Crippen LogP contribution in [0.15, 0.2) is 40.0 Å². The monoisotopic (exact) mass is 454 g/mol. The minimum atomic E-state index is -0.655. The van der Waals surface area contributed by atoms with Gasteiger partial charge in [0.2, 0.25) is 16.6 Å². The molecule has 0 bridgehead atoms. The Balaban J connectivity index is 1.49. The molecule has 3 aliphatic heterocycles. The first-order chi connectivity index (χ1) is 15.0. The molecule has 0 atom stereocenters. The summed E-state index contributed by atoms with van der Waals surface area (Å²) >= 11 is 2.93. The first-order valence-electron chi connectivity index (χ1n) is 11.1. The highest BCUT2D eigenvalue weighted by Crippen LogP contribution is 2.42. The topological polar surface area (TPSA) is 63.4 Å². The molecule has 7 heteroatoms. The normalized spacial score (nSPS) is 25.2. The number of carbonyl (C=O) groups excluding carboxylic acids is 2. The predicted octanol–water partition coefficient (Wildman–Crippen LogP) is 3.50.